The molecule has 1 aromatic carbocycles. The Kier molecular flexibility index (Phi) is 4.31. The van der Waals surface area contributed by atoms with Crippen LogP contribution in [0.4, 0.5) is 10.1 Å². The van der Waals surface area contributed by atoms with Crippen molar-refractivity contribution in [1.29, 1.82) is 0 Å². The second-order valence-electron chi connectivity index (χ2n) is 3.52. The van der Waals surface area contributed by atoms with E-state index in [1.54, 1.807) is 0 Å². The van der Waals surface area contributed by atoms with Crippen molar-refractivity contribution in [1.82, 2.24) is 4.72 Å². The van der Waals surface area contributed by atoms with Crippen molar-refractivity contribution in [3.8, 4) is 0 Å². The van der Waals surface area contributed by atoms with Crippen molar-refractivity contribution in [3.05, 3.63) is 23.0 Å². The first kappa shape index (κ1) is 14.2. The summed E-state index contributed by atoms with van der Waals surface area (Å²) in [4.78, 5) is -0.636. The number of hydrogen-bond donors (Lipinski definition) is 3. The first-order valence-corrected chi connectivity index (χ1v) is 6.51. The average molecular weight is 283 g/mol. The molecule has 0 unspecified atom stereocenters. The Labute approximate surface area is 103 Å². The molecule has 8 heteroatoms. The van der Waals surface area contributed by atoms with Crippen LogP contribution in [0.25, 0.3) is 0 Å². The third-order valence-electron chi connectivity index (χ3n) is 1.94. The Balaban J connectivity index is 3.24. The Bertz CT molecular complexity index is 521. The number of halogens is 2. The van der Waals surface area contributed by atoms with E-state index >= 15 is 0 Å². The van der Waals surface area contributed by atoms with Gasteiger partial charge in [-0.2, -0.15) is 0 Å². The fourth-order valence-electron chi connectivity index (χ4n) is 1.14. The summed E-state index contributed by atoms with van der Waals surface area (Å²) in [5.41, 5.74) is 5.43. The summed E-state index contributed by atoms with van der Waals surface area (Å²) in [5.74, 6) is -1.07. The Hall–Kier alpha value is -0.890. The zero-order valence-electron chi connectivity index (χ0n) is 8.94. The standard InChI is InChI=1S/C9H12ClFN2O3S/c1-5(4-14)13-17(15,16)8-3-6(12)2-7(10)9(8)11/h2-3,5,13-14H,4,12H2,1H3/t5-/m1/s1. The number of nitrogens with two attached hydrogens (primary N) is 1. The second-order valence-corrected chi connectivity index (χ2v) is 5.61. The third-order valence-corrected chi connectivity index (χ3v) is 3.80. The van der Waals surface area contributed by atoms with Gasteiger partial charge in [-0.05, 0) is 19.1 Å². The van der Waals surface area contributed by atoms with E-state index in [0.717, 1.165) is 12.1 Å². The Morgan fingerprint density at radius 3 is 2.71 bits per heavy atom. The lowest BCUT2D eigenvalue weighted by molar-refractivity contribution is 0.265. The van der Waals surface area contributed by atoms with Gasteiger partial charge in [-0.25, -0.2) is 17.5 Å². The van der Waals surface area contributed by atoms with Gasteiger partial charge in [-0.3, -0.25) is 0 Å². The zero-order valence-corrected chi connectivity index (χ0v) is 10.5. The van der Waals surface area contributed by atoms with E-state index in [2.05, 4.69) is 4.72 Å². The summed E-state index contributed by atoms with van der Waals surface area (Å²) in [5, 5.41) is 8.38. The molecule has 0 saturated heterocycles. The molecule has 5 nitrogen and oxygen atoms in total. The maximum Gasteiger partial charge on any atom is 0.243 e. The molecule has 1 aromatic rings. The number of aliphatic hydroxyl groups is 1. The smallest absolute Gasteiger partial charge is 0.243 e. The van der Waals surface area contributed by atoms with Crippen molar-refractivity contribution in [2.45, 2.75) is 17.9 Å². The number of hydrogen-bond acceptors (Lipinski definition) is 4. The van der Waals surface area contributed by atoms with Gasteiger partial charge < -0.3 is 10.8 Å². The molecule has 17 heavy (non-hydrogen) atoms. The highest BCUT2D eigenvalue weighted by Gasteiger charge is 2.23. The molecule has 0 amide bonds. The lowest BCUT2D eigenvalue weighted by atomic mass is 10.3. The normalized spacial score (nSPS) is 13.6. The van der Waals surface area contributed by atoms with Crippen LogP contribution in [0.15, 0.2) is 17.0 Å². The van der Waals surface area contributed by atoms with Gasteiger partial charge in [0.25, 0.3) is 0 Å². The summed E-state index contributed by atoms with van der Waals surface area (Å²) < 4.78 is 39.1. The fourth-order valence-corrected chi connectivity index (χ4v) is 2.80. The maximum absolute atomic E-state index is 13.6. The molecule has 0 bridgehead atoms. The van der Waals surface area contributed by atoms with E-state index in [0.29, 0.717) is 0 Å². The lowest BCUT2D eigenvalue weighted by Crippen LogP contribution is -2.35. The highest BCUT2D eigenvalue weighted by atomic mass is 35.5. The van der Waals surface area contributed by atoms with E-state index in [1.807, 2.05) is 0 Å². The quantitative estimate of drug-likeness (QED) is 0.710. The number of aliphatic hydroxyl groups excluding tert-OH is 1. The van der Waals surface area contributed by atoms with Crippen molar-refractivity contribution in [3.63, 3.8) is 0 Å². The molecular formula is C9H12ClFN2O3S. The molecule has 1 rings (SSSR count). The van der Waals surface area contributed by atoms with Gasteiger partial charge in [-0.15, -0.1) is 0 Å². The van der Waals surface area contributed by atoms with Crippen molar-refractivity contribution < 1.29 is 17.9 Å². The minimum atomic E-state index is -4.10. The maximum atomic E-state index is 13.6. The Morgan fingerprint density at radius 2 is 2.18 bits per heavy atom. The van der Waals surface area contributed by atoms with Crippen LogP contribution >= 0.6 is 11.6 Å². The van der Waals surface area contributed by atoms with Gasteiger partial charge in [0, 0.05) is 11.7 Å². The summed E-state index contributed by atoms with van der Waals surface area (Å²) in [7, 11) is -4.10. The predicted molar refractivity (Wildman–Crippen MR) is 62.7 cm³/mol. The summed E-state index contributed by atoms with van der Waals surface area (Å²) in [6.45, 7) is 1.03. The number of nitrogen functional groups attached to an aromatic ring is 1. The van der Waals surface area contributed by atoms with Crippen LogP contribution in [0.3, 0.4) is 0 Å². The minimum Gasteiger partial charge on any atom is -0.399 e. The molecule has 0 radical (unpaired) electrons. The van der Waals surface area contributed by atoms with E-state index in [9.17, 15) is 12.8 Å². The van der Waals surface area contributed by atoms with Gasteiger partial charge in [0.1, 0.15) is 4.90 Å². The van der Waals surface area contributed by atoms with Crippen LogP contribution < -0.4 is 10.5 Å². The van der Waals surface area contributed by atoms with E-state index in [4.69, 9.17) is 22.4 Å². The average Bonchev–Trinajstić information content (AvgIpc) is 2.22. The number of sulfonamides is 1. The molecule has 0 aliphatic heterocycles. The van der Waals surface area contributed by atoms with Crippen LogP contribution in [0.5, 0.6) is 0 Å². The van der Waals surface area contributed by atoms with Gasteiger partial charge in [0.15, 0.2) is 5.82 Å². The van der Waals surface area contributed by atoms with E-state index in [1.165, 1.54) is 6.92 Å². The molecule has 0 spiro atoms. The van der Waals surface area contributed by atoms with Gasteiger partial charge >= 0.3 is 0 Å². The monoisotopic (exact) mass is 282 g/mol. The molecule has 96 valence electrons. The van der Waals surface area contributed by atoms with Crippen LogP contribution in [-0.4, -0.2) is 26.2 Å². The largest absolute Gasteiger partial charge is 0.399 e. The predicted octanol–water partition coefficient (Wildman–Crippen LogP) is 0.720. The first-order valence-electron chi connectivity index (χ1n) is 4.65. The summed E-state index contributed by atoms with van der Waals surface area (Å²) in [6.07, 6.45) is 0. The Morgan fingerprint density at radius 1 is 1.59 bits per heavy atom. The van der Waals surface area contributed by atoms with Gasteiger partial charge in [0.05, 0.1) is 11.6 Å². The molecule has 0 fully saturated rings. The summed E-state index contributed by atoms with van der Waals surface area (Å²) in [6, 6.07) is 1.35. The fraction of sp³-hybridized carbons (Fsp3) is 0.333. The zero-order chi connectivity index (χ0) is 13.2. The van der Waals surface area contributed by atoms with Crippen LogP contribution in [-0.2, 0) is 10.0 Å². The number of nitrogens with one attached hydrogen (secondary N) is 1. The summed E-state index contributed by atoms with van der Waals surface area (Å²) >= 11 is 5.50. The van der Waals surface area contributed by atoms with Crippen molar-refractivity contribution in [2.75, 3.05) is 12.3 Å². The second kappa shape index (κ2) is 5.18. The van der Waals surface area contributed by atoms with Gasteiger partial charge in [0.2, 0.25) is 10.0 Å². The molecule has 0 aliphatic carbocycles. The number of rotatable bonds is 4. The van der Waals surface area contributed by atoms with Gasteiger partial charge in [-0.1, -0.05) is 11.6 Å². The van der Waals surface area contributed by atoms with Crippen LogP contribution in [0, 0.1) is 5.82 Å². The molecule has 0 aromatic heterocycles. The number of benzene rings is 1. The number of anilines is 1. The molecule has 4 N–H and O–H groups in total. The lowest BCUT2D eigenvalue weighted by Gasteiger charge is -2.13. The molecule has 0 saturated carbocycles. The SMILES string of the molecule is C[C@H](CO)NS(=O)(=O)c1cc(N)cc(Cl)c1F. The third kappa shape index (κ3) is 3.29. The van der Waals surface area contributed by atoms with E-state index in [-0.39, 0.29) is 10.7 Å². The van der Waals surface area contributed by atoms with Crippen molar-refractivity contribution in [2.24, 2.45) is 0 Å². The van der Waals surface area contributed by atoms with Crippen molar-refractivity contribution >= 4 is 27.3 Å². The molecule has 0 aliphatic rings. The molecule has 1 atom stereocenters. The van der Waals surface area contributed by atoms with Crippen LogP contribution in [0.1, 0.15) is 6.92 Å². The topological polar surface area (TPSA) is 92.4 Å². The molecule has 0 heterocycles. The minimum absolute atomic E-state index is 0.0356. The molecular weight excluding hydrogens is 271 g/mol. The first-order chi connectivity index (χ1) is 7.77. The highest BCUT2D eigenvalue weighted by molar-refractivity contribution is 7.89. The highest BCUT2D eigenvalue weighted by Crippen LogP contribution is 2.25. The van der Waals surface area contributed by atoms with Crippen LogP contribution in [0.2, 0.25) is 5.02 Å². The van der Waals surface area contributed by atoms with E-state index < -0.39 is 33.4 Å².